The molecule has 1 saturated heterocycles. The number of rotatable bonds is 5. The monoisotopic (exact) mass is 594 g/mol. The summed E-state index contributed by atoms with van der Waals surface area (Å²) in [7, 11) is 0. The van der Waals surface area contributed by atoms with Crippen molar-refractivity contribution in [3.8, 4) is 0 Å². The van der Waals surface area contributed by atoms with Gasteiger partial charge in [0.25, 0.3) is 5.56 Å². The van der Waals surface area contributed by atoms with E-state index < -0.39 is 0 Å². The first-order chi connectivity index (χ1) is 19.9. The first-order valence-electron chi connectivity index (χ1n) is 15.2. The predicted molar refractivity (Wildman–Crippen MR) is 171 cm³/mol. The molecule has 2 aromatic carbocycles. The van der Waals surface area contributed by atoms with Gasteiger partial charge in [0.2, 0.25) is 0 Å². The summed E-state index contributed by atoms with van der Waals surface area (Å²) in [5, 5.41) is 8.13. The Balaban J connectivity index is 1.40. The first-order valence-corrected chi connectivity index (χ1v) is 15.6. The maximum atomic E-state index is 14.2. The maximum absolute atomic E-state index is 14.2. The summed E-state index contributed by atoms with van der Waals surface area (Å²) in [6.07, 6.45) is 4.13. The number of benzene rings is 2. The third-order valence-corrected chi connectivity index (χ3v) is 9.53. The van der Waals surface area contributed by atoms with Crippen molar-refractivity contribution in [2.45, 2.75) is 85.5 Å². The molecule has 1 aromatic heterocycles. The molecule has 1 aliphatic heterocycles. The van der Waals surface area contributed by atoms with Crippen LogP contribution in [0, 0.1) is 23.1 Å². The lowest BCUT2D eigenvalue weighted by Crippen LogP contribution is -2.57. The van der Waals surface area contributed by atoms with Crippen LogP contribution in [0.4, 0.5) is 10.1 Å². The van der Waals surface area contributed by atoms with Crippen LogP contribution in [-0.4, -0.2) is 51.6 Å². The van der Waals surface area contributed by atoms with E-state index in [0.29, 0.717) is 63.8 Å². The molecule has 7 nitrogen and oxygen atoms in total. The number of hydrogen-bond donors (Lipinski definition) is 2. The molecule has 1 saturated carbocycles. The van der Waals surface area contributed by atoms with E-state index in [1.165, 1.54) is 10.6 Å². The number of piperazine rings is 1. The number of aromatic nitrogens is 2. The Bertz CT molecular complexity index is 1510. The van der Waals surface area contributed by atoms with E-state index in [9.17, 15) is 9.18 Å². The minimum atomic E-state index is -0.369. The Morgan fingerprint density at radius 1 is 1.14 bits per heavy atom. The minimum absolute atomic E-state index is 0.146. The van der Waals surface area contributed by atoms with Crippen molar-refractivity contribution in [2.75, 3.05) is 18.4 Å². The van der Waals surface area contributed by atoms with Gasteiger partial charge in [-0.2, -0.15) is 0 Å². The van der Waals surface area contributed by atoms with Crippen molar-refractivity contribution < 1.29 is 4.39 Å². The highest BCUT2D eigenvalue weighted by molar-refractivity contribution is 6.30. The summed E-state index contributed by atoms with van der Waals surface area (Å²) in [4.78, 5) is 25.6. The van der Waals surface area contributed by atoms with Crippen molar-refractivity contribution in [1.29, 1.82) is 0 Å². The lowest BCUT2D eigenvalue weighted by atomic mass is 9.64. The molecule has 2 N–H and O–H groups in total. The fourth-order valence-electron chi connectivity index (χ4n) is 6.60. The van der Waals surface area contributed by atoms with Gasteiger partial charge in [0.1, 0.15) is 5.82 Å². The Labute approximate surface area is 253 Å². The molecular weight excluding hydrogens is 551 g/mol. The van der Waals surface area contributed by atoms with Crippen LogP contribution in [0.5, 0.6) is 0 Å². The summed E-state index contributed by atoms with van der Waals surface area (Å²) in [6, 6.07) is 11.2. The maximum Gasteiger partial charge on any atom is 0.261 e. The second kappa shape index (κ2) is 12.3. The summed E-state index contributed by atoms with van der Waals surface area (Å²) in [6.45, 7) is 15.9. The average molecular weight is 595 g/mol. The Hall–Kier alpha value is -2.97. The largest absolute Gasteiger partial charge is 0.340 e. The smallest absolute Gasteiger partial charge is 0.261 e. The number of anilines is 1. The zero-order valence-corrected chi connectivity index (χ0v) is 26.4. The van der Waals surface area contributed by atoms with Crippen molar-refractivity contribution >= 4 is 34.2 Å². The summed E-state index contributed by atoms with van der Waals surface area (Å²) < 4.78 is 15.8. The highest BCUT2D eigenvalue weighted by Gasteiger charge is 2.38. The number of nitrogens with one attached hydrogen (secondary N) is 2. The molecule has 1 unspecified atom stereocenters. The second-order valence-corrected chi connectivity index (χ2v) is 13.7. The van der Waals surface area contributed by atoms with Crippen LogP contribution < -0.4 is 16.2 Å². The van der Waals surface area contributed by atoms with Gasteiger partial charge in [0.05, 0.1) is 23.3 Å². The van der Waals surface area contributed by atoms with Crippen LogP contribution in [0.25, 0.3) is 10.9 Å². The number of aryl methyl sites for hydroxylation is 2. The molecule has 2 heterocycles. The van der Waals surface area contributed by atoms with Gasteiger partial charge in [-0.3, -0.25) is 9.36 Å². The van der Waals surface area contributed by atoms with Crippen molar-refractivity contribution in [1.82, 2.24) is 19.8 Å². The molecule has 1 aliphatic carbocycles. The molecule has 9 heteroatoms. The van der Waals surface area contributed by atoms with E-state index in [1.807, 2.05) is 18.2 Å². The van der Waals surface area contributed by atoms with E-state index >= 15 is 0 Å². The zero-order chi connectivity index (χ0) is 30.2. The van der Waals surface area contributed by atoms with Gasteiger partial charge in [-0.15, -0.1) is 0 Å². The quantitative estimate of drug-likeness (QED) is 0.266. The topological polar surface area (TPSA) is 74.5 Å². The van der Waals surface area contributed by atoms with Crippen LogP contribution in [0.1, 0.15) is 59.9 Å². The van der Waals surface area contributed by atoms with Crippen molar-refractivity contribution in [3.05, 3.63) is 69.5 Å². The summed E-state index contributed by atoms with van der Waals surface area (Å²) >= 11 is 5.87. The van der Waals surface area contributed by atoms with E-state index in [0.717, 1.165) is 37.6 Å². The lowest BCUT2D eigenvalue weighted by molar-refractivity contribution is 0.0978. The fourth-order valence-corrected chi connectivity index (χ4v) is 6.76. The molecular formula is C33H44ClFN6O. The van der Waals surface area contributed by atoms with E-state index in [1.54, 1.807) is 18.5 Å². The van der Waals surface area contributed by atoms with Crippen LogP contribution in [0.2, 0.25) is 5.02 Å². The van der Waals surface area contributed by atoms with Crippen LogP contribution in [-0.2, 0) is 13.0 Å². The molecule has 0 spiro atoms. The molecule has 0 radical (unpaired) electrons. The van der Waals surface area contributed by atoms with E-state index in [4.69, 9.17) is 16.6 Å². The van der Waals surface area contributed by atoms with Crippen LogP contribution in [0.15, 0.2) is 52.5 Å². The van der Waals surface area contributed by atoms with Crippen LogP contribution >= 0.6 is 11.6 Å². The number of fused-ring (bicyclic) bond motifs is 1. The molecule has 5 rings (SSSR count). The fraction of sp³-hybridized carbons (Fsp3) is 0.545. The van der Waals surface area contributed by atoms with Crippen molar-refractivity contribution in [2.24, 2.45) is 22.2 Å². The summed E-state index contributed by atoms with van der Waals surface area (Å²) in [5.41, 5.74) is 2.15. The second-order valence-electron chi connectivity index (χ2n) is 13.3. The van der Waals surface area contributed by atoms with Crippen molar-refractivity contribution in [3.63, 3.8) is 0 Å². The molecule has 0 bridgehead atoms. The standard InChI is InChI=1S/C33H44ClFN6O/c1-20-16-33(5,6)21(2)13-29(20)39-32(41-17-22(3)37-23(4)18-41)38-26-9-10-27-30(15-26)36-19-40(31(27)42)12-11-24-7-8-25(34)14-28(24)35/h7-10,14-15,19-23,29,37H,11-13,16-18H2,1-6H3,(H,38,39)/t20-,21+,22-,23+,29?/m0/s1. The predicted octanol–water partition coefficient (Wildman–Crippen LogP) is 6.34. The Kier molecular flexibility index (Phi) is 8.95. The normalized spacial score (nSPS) is 26.4. The third kappa shape index (κ3) is 6.81. The van der Waals surface area contributed by atoms with Gasteiger partial charge in [-0.25, -0.2) is 14.4 Å². The molecule has 2 aliphatic rings. The first kappa shape index (κ1) is 30.5. The average Bonchev–Trinajstić information content (AvgIpc) is 2.91. The SMILES string of the molecule is C[C@@H]1CN(C(=NC2C[C@@H](C)C(C)(C)C[C@@H]2C)Nc2ccc3c(=O)n(CCc4ccc(Cl)cc4F)cnc3c2)C[C@H](C)N1. The van der Waals surface area contributed by atoms with Gasteiger partial charge < -0.3 is 15.5 Å². The number of nitrogens with zero attached hydrogens (tertiary/aromatic N) is 4. The van der Waals surface area contributed by atoms with Gasteiger partial charge in [0, 0.05) is 42.4 Å². The van der Waals surface area contributed by atoms with Gasteiger partial charge in [-0.05, 0) is 86.3 Å². The third-order valence-electron chi connectivity index (χ3n) is 9.30. The molecule has 0 amide bonds. The van der Waals surface area contributed by atoms with Gasteiger partial charge >= 0.3 is 0 Å². The molecule has 5 atom stereocenters. The summed E-state index contributed by atoms with van der Waals surface area (Å²) in [5.74, 6) is 1.60. The highest BCUT2D eigenvalue weighted by Crippen LogP contribution is 2.44. The Morgan fingerprint density at radius 2 is 1.88 bits per heavy atom. The number of halogens is 2. The van der Waals surface area contributed by atoms with Gasteiger partial charge in [-0.1, -0.05) is 45.4 Å². The zero-order valence-electron chi connectivity index (χ0n) is 25.6. The van der Waals surface area contributed by atoms with E-state index in [-0.39, 0.29) is 17.4 Å². The molecule has 226 valence electrons. The number of guanidine groups is 1. The molecule has 2 fully saturated rings. The Morgan fingerprint density at radius 3 is 2.60 bits per heavy atom. The highest BCUT2D eigenvalue weighted by atomic mass is 35.5. The number of aliphatic imine (C=N–C) groups is 1. The van der Waals surface area contributed by atoms with Gasteiger partial charge in [0.15, 0.2) is 5.96 Å². The number of hydrogen-bond acceptors (Lipinski definition) is 4. The van der Waals surface area contributed by atoms with Crippen LogP contribution in [0.3, 0.4) is 0 Å². The van der Waals surface area contributed by atoms with E-state index in [2.05, 4.69) is 62.1 Å². The lowest BCUT2D eigenvalue weighted by Gasteiger charge is -2.44. The molecule has 3 aromatic rings. The molecule has 42 heavy (non-hydrogen) atoms. The minimum Gasteiger partial charge on any atom is -0.340 e.